The number of rotatable bonds is 4. The number of para-hydroxylation sites is 3. The lowest BCUT2D eigenvalue weighted by Crippen LogP contribution is -2.15. The van der Waals surface area contributed by atoms with Gasteiger partial charge in [-0.3, -0.25) is 0 Å². The Morgan fingerprint density at radius 3 is 1.97 bits per heavy atom. The molecule has 0 fully saturated rings. The molecule has 14 rings (SSSR count). The fraction of sp³-hybridized carbons (Fsp3) is 0.0690. The molecule has 0 aliphatic heterocycles. The van der Waals surface area contributed by atoms with Crippen LogP contribution in [-0.4, -0.2) is 0 Å². The molecule has 9 aromatic carbocycles. The molecule has 1 aliphatic carbocycles. The Hall–Kier alpha value is -7.40. The number of fused-ring (bicyclic) bond motifs is 15. The molecule has 0 saturated carbocycles. The first-order chi connectivity index (χ1) is 30.5. The maximum atomic E-state index is 7.25. The molecular weight excluding hydrogens is 777 g/mol. The Morgan fingerprint density at radius 1 is 0.419 bits per heavy atom. The Balaban J connectivity index is 1.11. The molecule has 0 radical (unpaired) electrons. The Morgan fingerprint density at radius 2 is 1.06 bits per heavy atom. The zero-order valence-electron chi connectivity index (χ0n) is 34.0. The second kappa shape index (κ2) is 12.3. The third-order valence-electron chi connectivity index (χ3n) is 13.8. The van der Waals surface area contributed by atoms with E-state index in [2.05, 4.69) is 172 Å². The summed E-state index contributed by atoms with van der Waals surface area (Å²) in [5.41, 5.74) is 16.0. The molecule has 1 unspecified atom stereocenters. The van der Waals surface area contributed by atoms with Gasteiger partial charge in [-0.2, -0.15) is 0 Å². The average molecular weight is 813 g/mol. The van der Waals surface area contributed by atoms with Crippen molar-refractivity contribution in [3.63, 3.8) is 0 Å². The van der Waals surface area contributed by atoms with Gasteiger partial charge >= 0.3 is 0 Å². The molecular formula is C58H36O3S. The molecule has 4 heterocycles. The van der Waals surface area contributed by atoms with Crippen LogP contribution in [0.5, 0.6) is 0 Å². The van der Waals surface area contributed by atoms with Crippen molar-refractivity contribution >= 4 is 97.3 Å². The number of hydrogen-bond donors (Lipinski definition) is 0. The van der Waals surface area contributed by atoms with Crippen LogP contribution in [0.4, 0.5) is 0 Å². The lowest BCUT2D eigenvalue weighted by Gasteiger charge is -2.25. The second-order valence-electron chi connectivity index (χ2n) is 17.4. The second-order valence-corrected chi connectivity index (χ2v) is 18.5. The largest absolute Gasteiger partial charge is 0.456 e. The zero-order valence-corrected chi connectivity index (χ0v) is 34.8. The lowest BCUT2D eigenvalue weighted by atomic mass is 9.78. The highest BCUT2D eigenvalue weighted by Crippen LogP contribution is 2.53. The van der Waals surface area contributed by atoms with Crippen LogP contribution < -0.4 is 0 Å². The summed E-state index contributed by atoms with van der Waals surface area (Å²) in [6.07, 6.45) is 0. The highest BCUT2D eigenvalue weighted by atomic mass is 32.1. The Kier molecular flexibility index (Phi) is 6.84. The smallest absolute Gasteiger partial charge is 0.144 e. The molecule has 0 spiro atoms. The van der Waals surface area contributed by atoms with E-state index in [9.17, 15) is 0 Å². The van der Waals surface area contributed by atoms with Crippen LogP contribution in [0, 0.1) is 0 Å². The van der Waals surface area contributed by atoms with Crippen LogP contribution in [0.15, 0.2) is 189 Å². The van der Waals surface area contributed by atoms with E-state index in [1.807, 2.05) is 29.5 Å². The van der Waals surface area contributed by atoms with Gasteiger partial charge in [0.05, 0.1) is 0 Å². The molecule has 1 aliphatic rings. The van der Waals surface area contributed by atoms with Crippen molar-refractivity contribution in [1.29, 1.82) is 0 Å². The molecule has 1 atom stereocenters. The van der Waals surface area contributed by atoms with Crippen molar-refractivity contribution in [2.45, 2.75) is 25.2 Å². The summed E-state index contributed by atoms with van der Waals surface area (Å²) in [6, 6.07) is 63.8. The van der Waals surface area contributed by atoms with Crippen LogP contribution in [0.3, 0.4) is 0 Å². The van der Waals surface area contributed by atoms with Crippen molar-refractivity contribution in [2.75, 3.05) is 0 Å². The summed E-state index contributed by atoms with van der Waals surface area (Å²) in [4.78, 5) is 0. The molecule has 0 bridgehead atoms. The normalized spacial score (nSPS) is 14.0. The Labute approximate surface area is 360 Å². The van der Waals surface area contributed by atoms with E-state index in [0.29, 0.717) is 0 Å². The monoisotopic (exact) mass is 812 g/mol. The van der Waals surface area contributed by atoms with E-state index in [-0.39, 0.29) is 11.3 Å². The minimum absolute atomic E-state index is 0.116. The van der Waals surface area contributed by atoms with E-state index in [1.54, 1.807) is 0 Å². The van der Waals surface area contributed by atoms with E-state index in [0.717, 1.165) is 76.9 Å². The average Bonchev–Trinajstić information content (AvgIpc) is 4.12. The summed E-state index contributed by atoms with van der Waals surface area (Å²) >= 11 is 1.89. The van der Waals surface area contributed by atoms with E-state index in [1.165, 1.54) is 59.1 Å². The van der Waals surface area contributed by atoms with Crippen molar-refractivity contribution < 1.29 is 13.3 Å². The van der Waals surface area contributed by atoms with Crippen molar-refractivity contribution in [2.24, 2.45) is 0 Å². The van der Waals surface area contributed by atoms with E-state index in [4.69, 9.17) is 13.3 Å². The van der Waals surface area contributed by atoms with Gasteiger partial charge in [-0.15, -0.1) is 11.3 Å². The minimum atomic E-state index is -0.149. The van der Waals surface area contributed by atoms with Gasteiger partial charge in [-0.1, -0.05) is 159 Å². The SMILES string of the molecule is CC1(C)c2ccccc2-c2ccc(C(c3cccc4c3sc3ccccc34)c3cccc4oc5c(-c6cccc7c6oc6ccccc67)c6c(cc5c34)oc3ccccc36)cc21. The molecule has 0 N–H and O–H groups in total. The first-order valence-corrected chi connectivity index (χ1v) is 22.2. The van der Waals surface area contributed by atoms with Crippen LogP contribution in [0.25, 0.3) is 108 Å². The molecule has 0 amide bonds. The number of hydrogen-bond acceptors (Lipinski definition) is 4. The van der Waals surface area contributed by atoms with Gasteiger partial charge in [0.1, 0.15) is 33.5 Å². The minimum Gasteiger partial charge on any atom is -0.456 e. The standard InChI is InChI=1S/C58H36O3S/c1-58(2)44-23-7-3-14-33(44)34-29-28-32(30-45(34)58)51(42-22-12-19-38-36-16-6-10-27-50(36)62-57(38)42)40-20-13-26-48-52(40)43-31-49-53(39-17-5-9-25-47(39)59-49)54(56(43)61-48)41-21-11-18-37-35-15-4-8-24-46(35)60-55(37)41/h3-31,51H,1-2H3. The molecule has 62 heavy (non-hydrogen) atoms. The first kappa shape index (κ1) is 34.3. The van der Waals surface area contributed by atoms with Crippen LogP contribution in [0.1, 0.15) is 47.6 Å². The summed E-state index contributed by atoms with van der Waals surface area (Å²) in [7, 11) is 0. The molecule has 3 nitrogen and oxygen atoms in total. The van der Waals surface area contributed by atoms with Crippen LogP contribution >= 0.6 is 11.3 Å². The molecule has 13 aromatic rings. The highest BCUT2D eigenvalue weighted by molar-refractivity contribution is 7.26. The van der Waals surface area contributed by atoms with Crippen LogP contribution in [0.2, 0.25) is 0 Å². The molecule has 4 aromatic heterocycles. The van der Waals surface area contributed by atoms with Gasteiger partial charge in [0, 0.05) is 74.9 Å². The maximum Gasteiger partial charge on any atom is 0.144 e. The molecule has 292 valence electrons. The van der Waals surface area contributed by atoms with Gasteiger partial charge in [-0.05, 0) is 69.3 Å². The van der Waals surface area contributed by atoms with Gasteiger partial charge < -0.3 is 13.3 Å². The van der Waals surface area contributed by atoms with Gasteiger partial charge in [0.2, 0.25) is 0 Å². The predicted octanol–water partition coefficient (Wildman–Crippen LogP) is 16.9. The zero-order chi connectivity index (χ0) is 40.8. The Bertz CT molecular complexity index is 4040. The summed E-state index contributed by atoms with van der Waals surface area (Å²) < 4.78 is 23.4. The van der Waals surface area contributed by atoms with Crippen molar-refractivity contribution in [3.05, 3.63) is 204 Å². The third-order valence-corrected chi connectivity index (χ3v) is 15.1. The fourth-order valence-corrected chi connectivity index (χ4v) is 12.3. The molecule has 0 saturated heterocycles. The summed E-state index contributed by atoms with van der Waals surface area (Å²) in [5.74, 6) is -0.116. The topological polar surface area (TPSA) is 39.4 Å². The predicted molar refractivity (Wildman–Crippen MR) is 258 cm³/mol. The molecule has 4 heteroatoms. The summed E-state index contributed by atoms with van der Waals surface area (Å²) in [5, 5.41) is 8.93. The number of benzene rings is 9. The lowest BCUT2D eigenvalue weighted by molar-refractivity contribution is 0.659. The van der Waals surface area contributed by atoms with Gasteiger partial charge in [-0.25, -0.2) is 0 Å². The van der Waals surface area contributed by atoms with Crippen molar-refractivity contribution in [3.8, 4) is 22.3 Å². The first-order valence-electron chi connectivity index (χ1n) is 21.4. The van der Waals surface area contributed by atoms with Gasteiger partial charge in [0.25, 0.3) is 0 Å². The number of furan rings is 3. The van der Waals surface area contributed by atoms with Crippen LogP contribution in [-0.2, 0) is 5.41 Å². The highest BCUT2D eigenvalue weighted by Gasteiger charge is 2.37. The van der Waals surface area contributed by atoms with E-state index >= 15 is 0 Å². The van der Waals surface area contributed by atoms with Crippen molar-refractivity contribution in [1.82, 2.24) is 0 Å². The number of thiophene rings is 1. The van der Waals surface area contributed by atoms with Gasteiger partial charge in [0.15, 0.2) is 0 Å². The fourth-order valence-electron chi connectivity index (χ4n) is 11.1. The third kappa shape index (κ3) is 4.54. The summed E-state index contributed by atoms with van der Waals surface area (Å²) in [6.45, 7) is 4.74. The maximum absolute atomic E-state index is 7.25. The van der Waals surface area contributed by atoms with E-state index < -0.39 is 0 Å². The quantitative estimate of drug-likeness (QED) is 0.166.